The second kappa shape index (κ2) is 11.1. The van der Waals surface area contributed by atoms with Crippen molar-refractivity contribution in [1.82, 2.24) is 5.43 Å². The molecule has 164 valence electrons. The number of aryl methyl sites for hydroxylation is 2. The maximum absolute atomic E-state index is 12.0. The molecule has 7 heteroatoms. The Bertz CT molecular complexity index is 1130. The fraction of sp³-hybridized carbons (Fsp3) is 0.160. The number of rotatable bonds is 8. The van der Waals surface area contributed by atoms with Crippen molar-refractivity contribution in [1.29, 1.82) is 0 Å². The summed E-state index contributed by atoms with van der Waals surface area (Å²) >= 11 is 6.03. The number of nitrogens with one attached hydrogen (secondary N) is 2. The number of nitrogens with zero attached hydrogens (tertiary/aromatic N) is 1. The molecule has 3 aromatic rings. The van der Waals surface area contributed by atoms with E-state index in [0.29, 0.717) is 17.3 Å². The fourth-order valence-corrected chi connectivity index (χ4v) is 3.04. The minimum atomic E-state index is -0.518. The average molecular weight is 450 g/mol. The van der Waals surface area contributed by atoms with Crippen LogP contribution in [0.5, 0.6) is 5.75 Å². The number of hydrazone groups is 1. The smallest absolute Gasteiger partial charge is 0.249 e. The molecule has 2 amide bonds. The van der Waals surface area contributed by atoms with E-state index in [1.807, 2.05) is 56.3 Å². The van der Waals surface area contributed by atoms with Gasteiger partial charge in [0.2, 0.25) is 11.8 Å². The van der Waals surface area contributed by atoms with E-state index in [2.05, 4.69) is 21.9 Å². The fourth-order valence-electron chi connectivity index (χ4n) is 2.86. The van der Waals surface area contributed by atoms with Gasteiger partial charge in [0.15, 0.2) is 0 Å². The SMILES string of the molecule is Cc1cccc(COc2ccc(C=NNC(=O)CC(=O)Nc3ccc(C)c(Cl)c3)cc2)c1. The standard InChI is InChI=1S/C25H24ClN3O3/c1-17-4-3-5-20(12-17)16-32-22-10-7-19(8-11-22)15-27-29-25(31)14-24(30)28-21-9-6-18(2)23(26)13-21/h3-13,15H,14,16H2,1-2H3,(H,28,30)(H,29,31). The Labute approximate surface area is 192 Å². The van der Waals surface area contributed by atoms with Gasteiger partial charge in [0.1, 0.15) is 18.8 Å². The molecule has 0 saturated carbocycles. The van der Waals surface area contributed by atoms with Gasteiger partial charge in [-0.25, -0.2) is 5.43 Å². The van der Waals surface area contributed by atoms with Gasteiger partial charge in [-0.15, -0.1) is 0 Å². The minimum absolute atomic E-state index is 0.353. The lowest BCUT2D eigenvalue weighted by Crippen LogP contribution is -2.24. The van der Waals surface area contributed by atoms with Crippen LogP contribution in [0.4, 0.5) is 5.69 Å². The minimum Gasteiger partial charge on any atom is -0.489 e. The Balaban J connectivity index is 1.43. The van der Waals surface area contributed by atoms with E-state index < -0.39 is 11.8 Å². The van der Waals surface area contributed by atoms with Gasteiger partial charge in [-0.2, -0.15) is 5.10 Å². The Morgan fingerprint density at radius 2 is 1.78 bits per heavy atom. The monoisotopic (exact) mass is 449 g/mol. The quantitative estimate of drug-likeness (QED) is 0.288. The van der Waals surface area contributed by atoms with Crippen LogP contribution in [0, 0.1) is 13.8 Å². The number of carbonyl (C=O) groups is 2. The lowest BCUT2D eigenvalue weighted by molar-refractivity contribution is -0.126. The first-order valence-electron chi connectivity index (χ1n) is 10.1. The van der Waals surface area contributed by atoms with E-state index in [0.717, 1.165) is 22.4 Å². The molecule has 0 aliphatic carbocycles. The molecular weight excluding hydrogens is 426 g/mol. The van der Waals surface area contributed by atoms with Crippen molar-refractivity contribution in [3.8, 4) is 5.75 Å². The van der Waals surface area contributed by atoms with Crippen LogP contribution in [0.15, 0.2) is 71.8 Å². The Morgan fingerprint density at radius 1 is 1.00 bits per heavy atom. The largest absolute Gasteiger partial charge is 0.489 e. The first-order valence-corrected chi connectivity index (χ1v) is 10.4. The van der Waals surface area contributed by atoms with Crippen molar-refractivity contribution in [2.75, 3.05) is 5.32 Å². The molecule has 0 saturated heterocycles. The summed E-state index contributed by atoms with van der Waals surface area (Å²) in [4.78, 5) is 23.9. The molecule has 2 N–H and O–H groups in total. The summed E-state index contributed by atoms with van der Waals surface area (Å²) in [5.74, 6) is -0.233. The molecule has 3 rings (SSSR count). The highest BCUT2D eigenvalue weighted by molar-refractivity contribution is 6.31. The Morgan fingerprint density at radius 3 is 2.50 bits per heavy atom. The van der Waals surface area contributed by atoms with E-state index in [-0.39, 0.29) is 6.42 Å². The molecule has 6 nitrogen and oxygen atoms in total. The molecule has 0 atom stereocenters. The summed E-state index contributed by atoms with van der Waals surface area (Å²) in [6.45, 7) is 4.40. The zero-order valence-electron chi connectivity index (χ0n) is 17.9. The zero-order valence-corrected chi connectivity index (χ0v) is 18.6. The van der Waals surface area contributed by atoms with Gasteiger partial charge >= 0.3 is 0 Å². The maximum atomic E-state index is 12.0. The number of carbonyl (C=O) groups excluding carboxylic acids is 2. The van der Waals surface area contributed by atoms with Crippen LogP contribution in [0.3, 0.4) is 0 Å². The second-order valence-corrected chi connectivity index (χ2v) is 7.74. The normalized spacial score (nSPS) is 10.7. The predicted molar refractivity (Wildman–Crippen MR) is 127 cm³/mol. The molecule has 0 heterocycles. The molecule has 0 radical (unpaired) electrons. The molecule has 32 heavy (non-hydrogen) atoms. The van der Waals surface area contributed by atoms with Gasteiger partial charge in [-0.3, -0.25) is 9.59 Å². The first kappa shape index (κ1) is 23.0. The highest BCUT2D eigenvalue weighted by Gasteiger charge is 2.09. The molecule has 0 spiro atoms. The third kappa shape index (κ3) is 7.25. The predicted octanol–water partition coefficient (Wildman–Crippen LogP) is 5.01. The van der Waals surface area contributed by atoms with E-state index in [9.17, 15) is 9.59 Å². The second-order valence-electron chi connectivity index (χ2n) is 7.33. The van der Waals surface area contributed by atoms with Gasteiger partial charge in [-0.05, 0) is 66.9 Å². The molecule has 0 aliphatic heterocycles. The lowest BCUT2D eigenvalue weighted by atomic mass is 10.1. The molecule has 0 unspecified atom stereocenters. The first-order chi connectivity index (χ1) is 15.4. The summed E-state index contributed by atoms with van der Waals surface area (Å²) in [6.07, 6.45) is 1.15. The number of anilines is 1. The number of halogens is 1. The number of amides is 2. The van der Waals surface area contributed by atoms with Crippen molar-refractivity contribution in [2.24, 2.45) is 5.10 Å². The lowest BCUT2D eigenvalue weighted by Gasteiger charge is -2.07. The van der Waals surface area contributed by atoms with Gasteiger partial charge < -0.3 is 10.1 Å². The highest BCUT2D eigenvalue weighted by Crippen LogP contribution is 2.20. The Hall–Kier alpha value is -3.64. The zero-order chi connectivity index (χ0) is 22.9. The van der Waals surface area contributed by atoms with Gasteiger partial charge in [0, 0.05) is 10.7 Å². The third-order valence-corrected chi connectivity index (χ3v) is 4.95. The Kier molecular flexibility index (Phi) is 8.00. The van der Waals surface area contributed by atoms with Crippen LogP contribution in [-0.4, -0.2) is 18.0 Å². The van der Waals surface area contributed by atoms with Crippen LogP contribution >= 0.6 is 11.6 Å². The third-order valence-electron chi connectivity index (χ3n) is 4.55. The van der Waals surface area contributed by atoms with Crippen LogP contribution in [0.1, 0.15) is 28.7 Å². The van der Waals surface area contributed by atoms with Crippen molar-refractivity contribution < 1.29 is 14.3 Å². The molecule has 0 aliphatic rings. The van der Waals surface area contributed by atoms with E-state index in [1.54, 1.807) is 18.2 Å². The summed E-state index contributed by atoms with van der Waals surface area (Å²) in [7, 11) is 0. The number of ether oxygens (including phenoxy) is 1. The van der Waals surface area contributed by atoms with Crippen molar-refractivity contribution in [3.05, 3.63) is 94.0 Å². The van der Waals surface area contributed by atoms with E-state index >= 15 is 0 Å². The molecule has 0 bridgehead atoms. The van der Waals surface area contributed by atoms with Crippen LogP contribution in [-0.2, 0) is 16.2 Å². The number of hydrogen-bond donors (Lipinski definition) is 2. The maximum Gasteiger partial charge on any atom is 0.249 e. The summed E-state index contributed by atoms with van der Waals surface area (Å²) in [5, 5.41) is 7.07. The van der Waals surface area contributed by atoms with Crippen molar-refractivity contribution in [3.63, 3.8) is 0 Å². The highest BCUT2D eigenvalue weighted by atomic mass is 35.5. The molecule has 0 aromatic heterocycles. The van der Waals surface area contributed by atoms with Gasteiger partial charge in [-0.1, -0.05) is 47.5 Å². The van der Waals surface area contributed by atoms with Gasteiger partial charge in [0.05, 0.1) is 6.21 Å². The number of hydrogen-bond acceptors (Lipinski definition) is 4. The van der Waals surface area contributed by atoms with E-state index in [4.69, 9.17) is 16.3 Å². The average Bonchev–Trinajstić information content (AvgIpc) is 2.76. The van der Waals surface area contributed by atoms with Crippen molar-refractivity contribution in [2.45, 2.75) is 26.9 Å². The number of benzene rings is 3. The molecule has 3 aromatic carbocycles. The van der Waals surface area contributed by atoms with Crippen LogP contribution in [0.25, 0.3) is 0 Å². The molecule has 0 fully saturated rings. The topological polar surface area (TPSA) is 79.8 Å². The van der Waals surface area contributed by atoms with E-state index in [1.165, 1.54) is 11.8 Å². The molecular formula is C25H24ClN3O3. The van der Waals surface area contributed by atoms with Gasteiger partial charge in [0.25, 0.3) is 0 Å². The van der Waals surface area contributed by atoms with Crippen molar-refractivity contribution >= 4 is 35.3 Å². The van der Waals surface area contributed by atoms with Crippen LogP contribution in [0.2, 0.25) is 5.02 Å². The van der Waals surface area contributed by atoms with Crippen LogP contribution < -0.4 is 15.5 Å². The summed E-state index contributed by atoms with van der Waals surface area (Å²) in [5.41, 5.74) is 6.87. The summed E-state index contributed by atoms with van der Waals surface area (Å²) < 4.78 is 5.78. The summed E-state index contributed by atoms with van der Waals surface area (Å²) in [6, 6.07) is 20.6.